The minimum Gasteiger partial charge on any atom is -0.311 e. The molecule has 0 radical (unpaired) electrons. The molecule has 0 unspecified atom stereocenters. The van der Waals surface area contributed by atoms with Crippen molar-refractivity contribution in [3.05, 3.63) is 36.0 Å². The summed E-state index contributed by atoms with van der Waals surface area (Å²) in [5, 5.41) is 7.48. The average Bonchev–Trinajstić information content (AvgIpc) is 2.77. The molecule has 0 saturated heterocycles. The van der Waals surface area contributed by atoms with Gasteiger partial charge in [0.15, 0.2) is 5.82 Å². The Morgan fingerprint density at radius 3 is 2.71 bits per heavy atom. The molecule has 0 bridgehead atoms. The summed E-state index contributed by atoms with van der Waals surface area (Å²) in [7, 11) is 0. The summed E-state index contributed by atoms with van der Waals surface area (Å²) in [6.07, 6.45) is 8.39. The first-order valence-corrected chi connectivity index (χ1v) is 5.83. The van der Waals surface area contributed by atoms with Gasteiger partial charge in [-0.1, -0.05) is 6.92 Å². The van der Waals surface area contributed by atoms with Gasteiger partial charge in [-0.15, -0.1) is 0 Å². The molecular weight excluding hydrogens is 214 g/mol. The lowest BCUT2D eigenvalue weighted by Crippen LogP contribution is -2.15. The van der Waals surface area contributed by atoms with Gasteiger partial charge in [-0.2, -0.15) is 5.10 Å². The molecule has 2 aromatic rings. The summed E-state index contributed by atoms with van der Waals surface area (Å²) in [5.41, 5.74) is 2.06. The molecule has 0 aromatic carbocycles. The van der Waals surface area contributed by atoms with Gasteiger partial charge < -0.3 is 5.32 Å². The monoisotopic (exact) mass is 231 g/mol. The van der Waals surface area contributed by atoms with E-state index >= 15 is 0 Å². The van der Waals surface area contributed by atoms with Crippen molar-refractivity contribution in [3.8, 4) is 5.82 Å². The standard InChI is InChI=1S/C12H17N5/c1-3-4-13-6-11-7-15-12(8-14-11)17-9-10(2)5-16-17/h5,7-9,13H,3-4,6H2,1-2H3. The minimum absolute atomic E-state index is 0.748. The van der Waals surface area contributed by atoms with E-state index in [9.17, 15) is 0 Å². The van der Waals surface area contributed by atoms with Gasteiger partial charge in [-0.3, -0.25) is 4.98 Å². The largest absolute Gasteiger partial charge is 0.311 e. The average molecular weight is 231 g/mol. The molecule has 0 atom stereocenters. The molecular formula is C12H17N5. The molecule has 0 aliphatic carbocycles. The molecule has 0 aliphatic rings. The minimum atomic E-state index is 0.748. The second-order valence-corrected chi connectivity index (χ2v) is 4.00. The lowest BCUT2D eigenvalue weighted by atomic mass is 10.4. The smallest absolute Gasteiger partial charge is 0.171 e. The maximum absolute atomic E-state index is 4.35. The van der Waals surface area contributed by atoms with Gasteiger partial charge >= 0.3 is 0 Å². The molecule has 2 rings (SSSR count). The maximum Gasteiger partial charge on any atom is 0.171 e. The highest BCUT2D eigenvalue weighted by Crippen LogP contribution is 2.03. The van der Waals surface area contributed by atoms with Gasteiger partial charge in [-0.05, 0) is 25.5 Å². The number of rotatable bonds is 5. The summed E-state index contributed by atoms with van der Waals surface area (Å²) in [5.74, 6) is 0.748. The number of hydrogen-bond donors (Lipinski definition) is 1. The molecule has 5 heteroatoms. The Morgan fingerprint density at radius 1 is 1.24 bits per heavy atom. The van der Waals surface area contributed by atoms with E-state index in [2.05, 4.69) is 27.3 Å². The molecule has 1 N–H and O–H groups in total. The number of aromatic nitrogens is 4. The molecule has 0 spiro atoms. The maximum atomic E-state index is 4.35. The van der Waals surface area contributed by atoms with E-state index in [0.717, 1.165) is 36.6 Å². The fraction of sp³-hybridized carbons (Fsp3) is 0.417. The van der Waals surface area contributed by atoms with Gasteiger partial charge in [0, 0.05) is 12.7 Å². The zero-order valence-electron chi connectivity index (χ0n) is 10.2. The fourth-order valence-electron chi connectivity index (χ4n) is 1.49. The van der Waals surface area contributed by atoms with Crippen LogP contribution in [-0.4, -0.2) is 26.3 Å². The van der Waals surface area contributed by atoms with Gasteiger partial charge in [0.1, 0.15) is 0 Å². The predicted molar refractivity (Wildman–Crippen MR) is 65.9 cm³/mol. The lowest BCUT2D eigenvalue weighted by molar-refractivity contribution is 0.660. The zero-order valence-corrected chi connectivity index (χ0v) is 10.2. The summed E-state index contributed by atoms with van der Waals surface area (Å²) >= 11 is 0. The van der Waals surface area contributed by atoms with Crippen LogP contribution in [0.15, 0.2) is 24.8 Å². The topological polar surface area (TPSA) is 55.6 Å². The van der Waals surface area contributed by atoms with Crippen molar-refractivity contribution < 1.29 is 0 Å². The summed E-state index contributed by atoms with van der Waals surface area (Å²) in [4.78, 5) is 8.69. The normalized spacial score (nSPS) is 10.7. The summed E-state index contributed by atoms with van der Waals surface area (Å²) < 4.78 is 1.73. The molecule has 17 heavy (non-hydrogen) atoms. The van der Waals surface area contributed by atoms with E-state index in [4.69, 9.17) is 0 Å². The van der Waals surface area contributed by atoms with E-state index in [-0.39, 0.29) is 0 Å². The molecule has 2 heterocycles. The first kappa shape index (κ1) is 11.7. The van der Waals surface area contributed by atoms with Crippen molar-refractivity contribution >= 4 is 0 Å². The van der Waals surface area contributed by atoms with Gasteiger partial charge in [0.25, 0.3) is 0 Å². The van der Waals surface area contributed by atoms with Crippen LogP contribution in [0.3, 0.4) is 0 Å². The van der Waals surface area contributed by atoms with Crippen LogP contribution in [0.2, 0.25) is 0 Å². The Morgan fingerprint density at radius 2 is 2.12 bits per heavy atom. The Balaban J connectivity index is 2.02. The predicted octanol–water partition coefficient (Wildman–Crippen LogP) is 1.47. The SMILES string of the molecule is CCCNCc1cnc(-n2cc(C)cn2)cn1. The van der Waals surface area contributed by atoms with E-state index in [1.807, 2.05) is 13.1 Å². The van der Waals surface area contributed by atoms with Gasteiger partial charge in [0.05, 0.1) is 24.3 Å². The van der Waals surface area contributed by atoms with E-state index in [1.165, 1.54) is 0 Å². The van der Waals surface area contributed by atoms with Crippen molar-refractivity contribution in [2.45, 2.75) is 26.8 Å². The molecule has 0 aliphatic heterocycles. The third-order valence-corrected chi connectivity index (χ3v) is 2.37. The first-order valence-electron chi connectivity index (χ1n) is 5.83. The highest BCUT2D eigenvalue weighted by Gasteiger charge is 2.00. The quantitative estimate of drug-likeness (QED) is 0.792. The molecule has 0 saturated carbocycles. The van der Waals surface area contributed by atoms with Crippen LogP contribution >= 0.6 is 0 Å². The van der Waals surface area contributed by atoms with Crippen LogP contribution in [0.4, 0.5) is 0 Å². The third-order valence-electron chi connectivity index (χ3n) is 2.37. The van der Waals surface area contributed by atoms with Crippen molar-refractivity contribution in [1.29, 1.82) is 0 Å². The third kappa shape index (κ3) is 3.10. The van der Waals surface area contributed by atoms with E-state index < -0.39 is 0 Å². The van der Waals surface area contributed by atoms with Gasteiger partial charge in [-0.25, -0.2) is 9.67 Å². The van der Waals surface area contributed by atoms with Crippen LogP contribution in [0.1, 0.15) is 24.6 Å². The number of nitrogens with one attached hydrogen (secondary N) is 1. The van der Waals surface area contributed by atoms with Crippen molar-refractivity contribution in [2.24, 2.45) is 0 Å². The molecule has 5 nitrogen and oxygen atoms in total. The van der Waals surface area contributed by atoms with E-state index in [0.29, 0.717) is 0 Å². The van der Waals surface area contributed by atoms with Crippen LogP contribution in [-0.2, 0) is 6.54 Å². The Bertz CT molecular complexity index is 460. The lowest BCUT2D eigenvalue weighted by Gasteiger charge is -2.03. The second-order valence-electron chi connectivity index (χ2n) is 4.00. The van der Waals surface area contributed by atoms with Gasteiger partial charge in [0.2, 0.25) is 0 Å². The molecule has 0 amide bonds. The fourth-order valence-corrected chi connectivity index (χ4v) is 1.49. The molecule has 2 aromatic heterocycles. The first-order chi connectivity index (χ1) is 8.29. The van der Waals surface area contributed by atoms with Crippen LogP contribution in [0.25, 0.3) is 5.82 Å². The summed E-state index contributed by atoms with van der Waals surface area (Å²) in [6.45, 7) is 5.91. The van der Waals surface area contributed by atoms with Crippen LogP contribution in [0.5, 0.6) is 0 Å². The summed E-state index contributed by atoms with van der Waals surface area (Å²) in [6, 6.07) is 0. The van der Waals surface area contributed by atoms with Crippen molar-refractivity contribution in [2.75, 3.05) is 6.54 Å². The zero-order chi connectivity index (χ0) is 12.1. The Kier molecular flexibility index (Phi) is 3.82. The number of hydrogen-bond acceptors (Lipinski definition) is 4. The number of nitrogens with zero attached hydrogens (tertiary/aromatic N) is 4. The highest BCUT2D eigenvalue weighted by molar-refractivity contribution is 5.19. The van der Waals surface area contributed by atoms with Crippen molar-refractivity contribution in [1.82, 2.24) is 25.1 Å². The van der Waals surface area contributed by atoms with Crippen molar-refractivity contribution in [3.63, 3.8) is 0 Å². The Labute approximate surface area is 101 Å². The van der Waals surface area contributed by atoms with Crippen LogP contribution in [0, 0.1) is 6.92 Å². The second kappa shape index (κ2) is 5.54. The highest BCUT2D eigenvalue weighted by atomic mass is 15.3. The van der Waals surface area contributed by atoms with E-state index in [1.54, 1.807) is 23.3 Å². The molecule has 0 fully saturated rings. The Hall–Kier alpha value is -1.75. The number of aryl methyl sites for hydroxylation is 1. The van der Waals surface area contributed by atoms with Crippen LogP contribution < -0.4 is 5.32 Å². The molecule has 90 valence electrons.